The molecule has 128 valence electrons. The molecule has 1 heterocycles. The molecule has 0 bridgehead atoms. The number of H-pyrrole nitrogens is 1. The minimum absolute atomic E-state index is 0.000485. The molecule has 4 nitrogen and oxygen atoms in total. The van der Waals surface area contributed by atoms with E-state index in [0.717, 1.165) is 30.3 Å². The largest absolute Gasteiger partial charge is 0.416 e. The minimum atomic E-state index is -4.56. The first kappa shape index (κ1) is 16.7. The standard InChI is InChI=1S/C17H10F4N2O2/c18-10-4-5-12-13(8-22-14(12)7-10)15(24)16(25)23-11-3-1-2-9(6-11)17(19,20)21/h1-8,22H,(H,23,25). The molecule has 2 aromatic carbocycles. The van der Waals surface area contributed by atoms with E-state index in [1.807, 2.05) is 0 Å². The number of carbonyl (C=O) groups excluding carboxylic acids is 2. The van der Waals surface area contributed by atoms with Crippen LogP contribution in [0.3, 0.4) is 0 Å². The van der Waals surface area contributed by atoms with Crippen LogP contribution in [0.15, 0.2) is 48.7 Å². The van der Waals surface area contributed by atoms with Gasteiger partial charge in [-0.25, -0.2) is 4.39 Å². The van der Waals surface area contributed by atoms with Crippen molar-refractivity contribution in [1.29, 1.82) is 0 Å². The molecule has 0 aliphatic rings. The van der Waals surface area contributed by atoms with Crippen molar-refractivity contribution in [1.82, 2.24) is 4.98 Å². The average Bonchev–Trinajstić information content (AvgIpc) is 2.96. The molecule has 0 saturated carbocycles. The number of alkyl halides is 3. The Hall–Kier alpha value is -3.16. The van der Waals surface area contributed by atoms with E-state index < -0.39 is 29.2 Å². The molecule has 3 rings (SSSR count). The van der Waals surface area contributed by atoms with Crippen LogP contribution in [0.1, 0.15) is 15.9 Å². The number of amides is 1. The fourth-order valence-electron chi connectivity index (χ4n) is 2.37. The second-order valence-electron chi connectivity index (χ2n) is 5.25. The van der Waals surface area contributed by atoms with Gasteiger partial charge in [0.15, 0.2) is 0 Å². The molecular formula is C17H10F4N2O2. The number of benzene rings is 2. The number of carbonyl (C=O) groups is 2. The third-order valence-electron chi connectivity index (χ3n) is 3.54. The molecule has 3 aromatic rings. The Balaban J connectivity index is 1.84. The number of anilines is 1. The van der Waals surface area contributed by atoms with Gasteiger partial charge >= 0.3 is 6.18 Å². The molecule has 8 heteroatoms. The highest BCUT2D eigenvalue weighted by Crippen LogP contribution is 2.30. The molecular weight excluding hydrogens is 340 g/mol. The first-order valence-corrected chi connectivity index (χ1v) is 7.05. The zero-order valence-electron chi connectivity index (χ0n) is 12.4. The van der Waals surface area contributed by atoms with Crippen LogP contribution in [0.5, 0.6) is 0 Å². The van der Waals surface area contributed by atoms with Crippen molar-refractivity contribution in [3.05, 3.63) is 65.6 Å². The molecule has 0 spiro atoms. The van der Waals surface area contributed by atoms with Crippen molar-refractivity contribution in [2.75, 3.05) is 5.32 Å². The minimum Gasteiger partial charge on any atom is -0.360 e. The van der Waals surface area contributed by atoms with Gasteiger partial charge in [0.25, 0.3) is 11.7 Å². The number of nitrogens with one attached hydrogen (secondary N) is 2. The zero-order chi connectivity index (χ0) is 18.2. The summed E-state index contributed by atoms with van der Waals surface area (Å²) in [5, 5.41) is 2.48. The summed E-state index contributed by atoms with van der Waals surface area (Å²) in [4.78, 5) is 27.0. The van der Waals surface area contributed by atoms with E-state index in [9.17, 15) is 27.2 Å². The van der Waals surface area contributed by atoms with Gasteiger partial charge in [-0.3, -0.25) is 9.59 Å². The van der Waals surface area contributed by atoms with Crippen molar-refractivity contribution < 1.29 is 27.2 Å². The van der Waals surface area contributed by atoms with E-state index in [2.05, 4.69) is 10.3 Å². The van der Waals surface area contributed by atoms with Gasteiger partial charge in [0.2, 0.25) is 0 Å². The normalized spacial score (nSPS) is 11.5. The summed E-state index contributed by atoms with van der Waals surface area (Å²) in [6.07, 6.45) is -3.32. The monoisotopic (exact) mass is 350 g/mol. The van der Waals surface area contributed by atoms with Crippen molar-refractivity contribution in [3.63, 3.8) is 0 Å². The molecule has 0 aliphatic heterocycles. The molecule has 1 amide bonds. The number of aromatic amines is 1. The number of Topliss-reactive ketones (excluding diaryl/α,β-unsaturated/α-hetero) is 1. The van der Waals surface area contributed by atoms with Crippen LogP contribution in [0, 0.1) is 5.82 Å². The lowest BCUT2D eigenvalue weighted by molar-refractivity contribution is -0.137. The number of aromatic nitrogens is 1. The highest BCUT2D eigenvalue weighted by atomic mass is 19.4. The fraction of sp³-hybridized carbons (Fsp3) is 0.0588. The van der Waals surface area contributed by atoms with E-state index in [4.69, 9.17) is 0 Å². The summed E-state index contributed by atoms with van der Waals surface area (Å²) in [7, 11) is 0. The van der Waals surface area contributed by atoms with Crippen LogP contribution in [-0.2, 0) is 11.0 Å². The van der Waals surface area contributed by atoms with Crippen LogP contribution >= 0.6 is 0 Å². The lowest BCUT2D eigenvalue weighted by Gasteiger charge is -2.09. The smallest absolute Gasteiger partial charge is 0.360 e. The lowest BCUT2D eigenvalue weighted by atomic mass is 10.1. The average molecular weight is 350 g/mol. The lowest BCUT2D eigenvalue weighted by Crippen LogP contribution is -2.23. The number of hydrogen-bond donors (Lipinski definition) is 2. The van der Waals surface area contributed by atoms with Crippen LogP contribution < -0.4 is 5.32 Å². The van der Waals surface area contributed by atoms with Gasteiger partial charge in [0.1, 0.15) is 5.82 Å². The Kier molecular flexibility index (Phi) is 4.03. The number of rotatable bonds is 3. The molecule has 0 unspecified atom stereocenters. The fourth-order valence-corrected chi connectivity index (χ4v) is 2.37. The Bertz CT molecular complexity index is 976. The Morgan fingerprint density at radius 1 is 1.04 bits per heavy atom. The Labute approximate surface area is 138 Å². The number of halogens is 4. The first-order chi connectivity index (χ1) is 11.8. The molecule has 25 heavy (non-hydrogen) atoms. The maximum Gasteiger partial charge on any atom is 0.416 e. The zero-order valence-corrected chi connectivity index (χ0v) is 12.4. The van der Waals surface area contributed by atoms with Crippen LogP contribution in [-0.4, -0.2) is 16.7 Å². The van der Waals surface area contributed by atoms with E-state index in [0.29, 0.717) is 10.9 Å². The molecule has 0 radical (unpaired) electrons. The van der Waals surface area contributed by atoms with Crippen LogP contribution in [0.25, 0.3) is 10.9 Å². The highest BCUT2D eigenvalue weighted by molar-refractivity contribution is 6.48. The molecule has 1 aromatic heterocycles. The third-order valence-corrected chi connectivity index (χ3v) is 3.54. The van der Waals surface area contributed by atoms with Crippen LogP contribution in [0.2, 0.25) is 0 Å². The van der Waals surface area contributed by atoms with E-state index >= 15 is 0 Å². The van der Waals surface area contributed by atoms with Gasteiger partial charge in [0, 0.05) is 22.8 Å². The van der Waals surface area contributed by atoms with Crippen molar-refractivity contribution in [2.24, 2.45) is 0 Å². The van der Waals surface area contributed by atoms with Gasteiger partial charge in [0.05, 0.1) is 11.1 Å². The van der Waals surface area contributed by atoms with E-state index in [1.54, 1.807) is 0 Å². The Morgan fingerprint density at radius 3 is 2.52 bits per heavy atom. The molecule has 2 N–H and O–H groups in total. The van der Waals surface area contributed by atoms with E-state index in [1.165, 1.54) is 18.3 Å². The predicted octanol–water partition coefficient (Wildman–Crippen LogP) is 4.15. The van der Waals surface area contributed by atoms with Gasteiger partial charge in [-0.15, -0.1) is 0 Å². The number of ketones is 1. The van der Waals surface area contributed by atoms with Gasteiger partial charge < -0.3 is 10.3 Å². The molecule has 0 aliphatic carbocycles. The second kappa shape index (κ2) is 6.04. The summed E-state index contributed by atoms with van der Waals surface area (Å²) in [6.45, 7) is 0. The molecule has 0 saturated heterocycles. The van der Waals surface area contributed by atoms with Crippen molar-refractivity contribution in [3.8, 4) is 0 Å². The maximum atomic E-state index is 13.2. The summed E-state index contributed by atoms with van der Waals surface area (Å²) in [5.41, 5.74) is -0.769. The maximum absolute atomic E-state index is 13.2. The number of hydrogen-bond acceptors (Lipinski definition) is 2. The van der Waals surface area contributed by atoms with E-state index in [-0.39, 0.29) is 11.3 Å². The predicted molar refractivity (Wildman–Crippen MR) is 82.7 cm³/mol. The highest BCUT2D eigenvalue weighted by Gasteiger charge is 2.30. The summed E-state index contributed by atoms with van der Waals surface area (Å²) >= 11 is 0. The van der Waals surface area contributed by atoms with Gasteiger partial charge in [-0.2, -0.15) is 13.2 Å². The quantitative estimate of drug-likeness (QED) is 0.424. The van der Waals surface area contributed by atoms with Crippen molar-refractivity contribution in [2.45, 2.75) is 6.18 Å². The topological polar surface area (TPSA) is 62.0 Å². The molecule has 0 atom stereocenters. The third kappa shape index (κ3) is 3.37. The van der Waals surface area contributed by atoms with Gasteiger partial charge in [-0.05, 0) is 36.4 Å². The summed E-state index contributed by atoms with van der Waals surface area (Å²) in [5.74, 6) is -2.55. The van der Waals surface area contributed by atoms with Gasteiger partial charge in [-0.1, -0.05) is 6.07 Å². The Morgan fingerprint density at radius 2 is 1.80 bits per heavy atom. The number of fused-ring (bicyclic) bond motifs is 1. The second-order valence-corrected chi connectivity index (χ2v) is 5.25. The SMILES string of the molecule is O=C(Nc1cccc(C(F)(F)F)c1)C(=O)c1c[nH]c2cc(F)ccc12. The summed E-state index contributed by atoms with van der Waals surface area (Å²) < 4.78 is 51.2. The summed E-state index contributed by atoms with van der Waals surface area (Å²) in [6, 6.07) is 7.59. The first-order valence-electron chi connectivity index (χ1n) is 7.05. The molecule has 0 fully saturated rings. The van der Waals surface area contributed by atoms with Crippen LogP contribution in [0.4, 0.5) is 23.2 Å². The van der Waals surface area contributed by atoms with Crippen molar-refractivity contribution >= 4 is 28.3 Å².